The third-order valence-corrected chi connectivity index (χ3v) is 6.18. The zero-order chi connectivity index (χ0) is 22.6. The van der Waals surface area contributed by atoms with Crippen molar-refractivity contribution in [2.45, 2.75) is 39.0 Å². The molecule has 4 heterocycles. The number of anilines is 1. The highest BCUT2D eigenvalue weighted by atomic mass is 16.2. The SMILES string of the molecule is Cc1nc2ccccc2nc1/C=C/c1nc(C(=O)NN2CCCCC2)cc(N2CCCC2)n1. The Balaban J connectivity index is 1.44. The van der Waals surface area contributed by atoms with Crippen molar-refractivity contribution < 1.29 is 4.79 Å². The van der Waals surface area contributed by atoms with Crippen molar-refractivity contribution >= 4 is 34.9 Å². The molecule has 3 aromatic rings. The van der Waals surface area contributed by atoms with Crippen LogP contribution in [0.4, 0.5) is 5.82 Å². The van der Waals surface area contributed by atoms with Crippen LogP contribution in [0.15, 0.2) is 30.3 Å². The number of hydrazine groups is 1. The molecule has 2 aliphatic rings. The molecule has 8 heteroatoms. The lowest BCUT2D eigenvalue weighted by molar-refractivity contribution is 0.0744. The maximum absolute atomic E-state index is 13.0. The van der Waals surface area contributed by atoms with Crippen molar-refractivity contribution in [3.63, 3.8) is 0 Å². The van der Waals surface area contributed by atoms with E-state index >= 15 is 0 Å². The third kappa shape index (κ3) is 5.01. The van der Waals surface area contributed by atoms with E-state index in [1.807, 2.05) is 54.4 Å². The summed E-state index contributed by atoms with van der Waals surface area (Å²) in [6, 6.07) is 9.63. The van der Waals surface area contributed by atoms with Gasteiger partial charge in [-0.3, -0.25) is 10.2 Å². The molecule has 0 bridgehead atoms. The number of benzene rings is 1. The van der Waals surface area contributed by atoms with Crippen LogP contribution >= 0.6 is 0 Å². The number of hydrogen-bond donors (Lipinski definition) is 1. The maximum atomic E-state index is 13.0. The van der Waals surface area contributed by atoms with Gasteiger partial charge in [-0.05, 0) is 56.9 Å². The Morgan fingerprint density at radius 3 is 2.33 bits per heavy atom. The first-order chi connectivity index (χ1) is 16.2. The number of carbonyl (C=O) groups is 1. The Labute approximate surface area is 193 Å². The third-order valence-electron chi connectivity index (χ3n) is 6.18. The van der Waals surface area contributed by atoms with E-state index in [9.17, 15) is 4.79 Å². The number of amides is 1. The zero-order valence-corrected chi connectivity index (χ0v) is 19.0. The number of carbonyl (C=O) groups excluding carboxylic acids is 1. The summed E-state index contributed by atoms with van der Waals surface area (Å²) in [7, 11) is 0. The van der Waals surface area contributed by atoms with E-state index in [2.05, 4.69) is 20.3 Å². The highest BCUT2D eigenvalue weighted by molar-refractivity contribution is 5.93. The lowest BCUT2D eigenvalue weighted by atomic mass is 10.2. The highest BCUT2D eigenvalue weighted by Gasteiger charge is 2.20. The van der Waals surface area contributed by atoms with Crippen LogP contribution in [-0.4, -0.2) is 57.0 Å². The standard InChI is InChI=1S/C25H29N7O/c1-18-19(27-21-10-4-3-9-20(21)26-18)11-12-23-28-22(17-24(29-23)31-13-7-8-14-31)25(33)30-32-15-5-2-6-16-32/h3-4,9-12,17H,2,5-8,13-16H2,1H3,(H,30,33)/b12-11+. The Morgan fingerprint density at radius 2 is 1.58 bits per heavy atom. The van der Waals surface area contributed by atoms with Crippen LogP contribution in [0.1, 0.15) is 59.8 Å². The highest BCUT2D eigenvalue weighted by Crippen LogP contribution is 2.20. The molecule has 2 saturated heterocycles. The van der Waals surface area contributed by atoms with Gasteiger partial charge in [0.15, 0.2) is 5.82 Å². The lowest BCUT2D eigenvalue weighted by Gasteiger charge is -2.26. The fourth-order valence-electron chi connectivity index (χ4n) is 4.37. The number of para-hydroxylation sites is 2. The van der Waals surface area contributed by atoms with Crippen molar-refractivity contribution in [2.24, 2.45) is 0 Å². The summed E-state index contributed by atoms with van der Waals surface area (Å²) in [6.45, 7) is 5.59. The molecule has 0 unspecified atom stereocenters. The number of fused-ring (bicyclic) bond motifs is 1. The van der Waals surface area contributed by atoms with Crippen LogP contribution in [0.3, 0.4) is 0 Å². The molecular weight excluding hydrogens is 414 g/mol. The summed E-state index contributed by atoms with van der Waals surface area (Å²) in [5.74, 6) is 1.11. The summed E-state index contributed by atoms with van der Waals surface area (Å²) < 4.78 is 0. The van der Waals surface area contributed by atoms with Crippen molar-refractivity contribution in [1.82, 2.24) is 30.4 Å². The first-order valence-corrected chi connectivity index (χ1v) is 11.8. The van der Waals surface area contributed by atoms with Gasteiger partial charge in [-0.25, -0.2) is 24.9 Å². The molecule has 2 fully saturated rings. The summed E-state index contributed by atoms with van der Waals surface area (Å²) in [5, 5.41) is 1.99. The summed E-state index contributed by atoms with van der Waals surface area (Å²) in [4.78, 5) is 33.9. The molecule has 8 nitrogen and oxygen atoms in total. The van der Waals surface area contributed by atoms with E-state index in [1.54, 1.807) is 0 Å². The number of aryl methyl sites for hydroxylation is 1. The minimum absolute atomic E-state index is 0.184. The van der Waals surface area contributed by atoms with E-state index in [4.69, 9.17) is 9.97 Å². The van der Waals surface area contributed by atoms with Gasteiger partial charge in [0.2, 0.25) is 0 Å². The van der Waals surface area contributed by atoms with Crippen molar-refractivity contribution in [2.75, 3.05) is 31.1 Å². The summed E-state index contributed by atoms with van der Waals surface area (Å²) >= 11 is 0. The molecule has 0 aliphatic carbocycles. The molecular formula is C25H29N7O. The van der Waals surface area contributed by atoms with E-state index in [1.165, 1.54) is 6.42 Å². The van der Waals surface area contributed by atoms with E-state index < -0.39 is 0 Å². The molecule has 0 saturated carbocycles. The van der Waals surface area contributed by atoms with Gasteiger partial charge in [-0.15, -0.1) is 0 Å². The molecule has 170 valence electrons. The Morgan fingerprint density at radius 1 is 0.879 bits per heavy atom. The second-order valence-corrected chi connectivity index (χ2v) is 8.67. The fraction of sp³-hybridized carbons (Fsp3) is 0.400. The van der Waals surface area contributed by atoms with E-state index in [-0.39, 0.29) is 5.91 Å². The maximum Gasteiger partial charge on any atom is 0.284 e. The smallest absolute Gasteiger partial charge is 0.284 e. The van der Waals surface area contributed by atoms with Gasteiger partial charge in [-0.1, -0.05) is 18.6 Å². The van der Waals surface area contributed by atoms with E-state index in [0.717, 1.165) is 80.1 Å². The Kier molecular flexibility index (Phi) is 6.26. The average molecular weight is 444 g/mol. The second kappa shape index (κ2) is 9.62. The first kappa shape index (κ1) is 21.5. The van der Waals surface area contributed by atoms with Crippen LogP contribution in [0.25, 0.3) is 23.2 Å². The molecule has 33 heavy (non-hydrogen) atoms. The number of hydrogen-bond acceptors (Lipinski definition) is 7. The van der Waals surface area contributed by atoms with Crippen LogP contribution in [0.2, 0.25) is 0 Å². The lowest BCUT2D eigenvalue weighted by Crippen LogP contribution is -2.45. The Bertz CT molecular complexity index is 1180. The predicted molar refractivity (Wildman–Crippen MR) is 130 cm³/mol. The fourth-order valence-corrected chi connectivity index (χ4v) is 4.37. The molecule has 1 amide bonds. The van der Waals surface area contributed by atoms with Gasteiger partial charge in [-0.2, -0.15) is 0 Å². The number of nitrogens with one attached hydrogen (secondary N) is 1. The first-order valence-electron chi connectivity index (χ1n) is 11.8. The minimum atomic E-state index is -0.184. The van der Waals surface area contributed by atoms with Gasteiger partial charge in [0.25, 0.3) is 5.91 Å². The molecule has 1 N–H and O–H groups in total. The summed E-state index contributed by atoms with van der Waals surface area (Å²) in [5.41, 5.74) is 6.73. The van der Waals surface area contributed by atoms with Gasteiger partial charge in [0, 0.05) is 32.2 Å². The minimum Gasteiger partial charge on any atom is -0.356 e. The van der Waals surface area contributed by atoms with Gasteiger partial charge in [0.05, 0.1) is 22.4 Å². The van der Waals surface area contributed by atoms with Crippen molar-refractivity contribution in [3.05, 3.63) is 53.2 Å². The second-order valence-electron chi connectivity index (χ2n) is 8.67. The topological polar surface area (TPSA) is 87.1 Å². The predicted octanol–water partition coefficient (Wildman–Crippen LogP) is 3.63. The number of rotatable bonds is 5. The molecule has 2 aliphatic heterocycles. The number of nitrogens with zero attached hydrogens (tertiary/aromatic N) is 6. The van der Waals surface area contributed by atoms with Crippen LogP contribution in [0, 0.1) is 6.92 Å². The quantitative estimate of drug-likeness (QED) is 0.644. The molecule has 0 atom stereocenters. The largest absolute Gasteiger partial charge is 0.356 e. The van der Waals surface area contributed by atoms with Crippen molar-refractivity contribution in [1.29, 1.82) is 0 Å². The molecule has 0 radical (unpaired) electrons. The van der Waals surface area contributed by atoms with Crippen molar-refractivity contribution in [3.8, 4) is 0 Å². The summed E-state index contributed by atoms with van der Waals surface area (Å²) in [6.07, 6.45) is 9.39. The normalized spacial score (nSPS) is 17.2. The zero-order valence-electron chi connectivity index (χ0n) is 19.0. The van der Waals surface area contributed by atoms with Crippen LogP contribution < -0.4 is 10.3 Å². The number of aromatic nitrogens is 4. The van der Waals surface area contributed by atoms with Crippen LogP contribution in [-0.2, 0) is 0 Å². The molecule has 5 rings (SSSR count). The molecule has 0 spiro atoms. The van der Waals surface area contributed by atoms with Gasteiger partial charge < -0.3 is 4.90 Å². The average Bonchev–Trinajstić information content (AvgIpc) is 3.38. The molecule has 1 aromatic carbocycles. The van der Waals surface area contributed by atoms with E-state index in [0.29, 0.717) is 11.5 Å². The monoisotopic (exact) mass is 443 g/mol. The Hall–Kier alpha value is -3.39. The molecule has 2 aromatic heterocycles. The van der Waals surface area contributed by atoms with Gasteiger partial charge >= 0.3 is 0 Å². The van der Waals surface area contributed by atoms with Gasteiger partial charge in [0.1, 0.15) is 11.5 Å². The van der Waals surface area contributed by atoms with Crippen LogP contribution in [0.5, 0.6) is 0 Å². The number of piperidine rings is 1.